The molecule has 0 unspecified atom stereocenters. The lowest BCUT2D eigenvalue weighted by molar-refractivity contribution is 0.0527. The van der Waals surface area contributed by atoms with Crippen LogP contribution in [0.3, 0.4) is 0 Å². The molecule has 1 N–H and O–H groups in total. The molecule has 2 rings (SSSR count). The quantitative estimate of drug-likeness (QED) is 0.874. The number of rotatable bonds is 3. The molecule has 0 aliphatic carbocycles. The second-order valence-corrected chi connectivity index (χ2v) is 5.47. The van der Waals surface area contributed by atoms with Gasteiger partial charge in [0.25, 0.3) is 0 Å². The summed E-state index contributed by atoms with van der Waals surface area (Å²) in [7, 11) is 0. The first-order valence-electron chi connectivity index (χ1n) is 6.71. The van der Waals surface area contributed by atoms with Crippen molar-refractivity contribution in [2.75, 3.05) is 5.01 Å². The number of hydrazine groups is 1. The number of para-hydroxylation sites is 1. The van der Waals surface area contributed by atoms with E-state index < -0.39 is 11.7 Å². The van der Waals surface area contributed by atoms with Crippen LogP contribution in [0.2, 0.25) is 0 Å². The summed E-state index contributed by atoms with van der Waals surface area (Å²) in [5, 5.41) is 1.59. The Kier molecular flexibility index (Phi) is 4.42. The van der Waals surface area contributed by atoms with Gasteiger partial charge in [-0.1, -0.05) is 24.3 Å². The maximum Gasteiger partial charge on any atom is 0.427 e. The van der Waals surface area contributed by atoms with Crippen molar-refractivity contribution in [1.82, 2.24) is 10.4 Å². The van der Waals surface area contributed by atoms with Crippen molar-refractivity contribution in [3.05, 3.63) is 54.7 Å². The molecule has 1 aromatic carbocycles. The number of amides is 1. The molecule has 0 fully saturated rings. The molecule has 0 aliphatic heterocycles. The summed E-state index contributed by atoms with van der Waals surface area (Å²) in [6, 6.07) is 14.9. The molecule has 0 aliphatic rings. The molecule has 5 heteroatoms. The molecule has 1 amide bonds. The summed E-state index contributed by atoms with van der Waals surface area (Å²) >= 11 is 0. The highest BCUT2D eigenvalue weighted by molar-refractivity contribution is 5.74. The van der Waals surface area contributed by atoms with Gasteiger partial charge in [0.05, 0.1) is 5.69 Å². The monoisotopic (exact) mass is 285 g/mol. The number of carbonyl (C=O) groups excluding carboxylic acids is 1. The van der Waals surface area contributed by atoms with E-state index >= 15 is 0 Å². The minimum Gasteiger partial charge on any atom is -0.443 e. The summed E-state index contributed by atoms with van der Waals surface area (Å²) in [5.74, 6) is 0.606. The number of hydrogen-bond donors (Lipinski definition) is 1. The topological polar surface area (TPSA) is 54.5 Å². The van der Waals surface area contributed by atoms with Gasteiger partial charge in [0.2, 0.25) is 0 Å². The first-order chi connectivity index (χ1) is 9.96. The number of nitrogens with zero attached hydrogens (tertiary/aromatic N) is 2. The molecule has 110 valence electrons. The first kappa shape index (κ1) is 14.8. The highest BCUT2D eigenvalue weighted by Gasteiger charge is 2.20. The van der Waals surface area contributed by atoms with Crippen LogP contribution in [0.4, 0.5) is 16.3 Å². The number of aromatic nitrogens is 1. The van der Waals surface area contributed by atoms with Crippen LogP contribution in [0.5, 0.6) is 0 Å². The van der Waals surface area contributed by atoms with E-state index in [4.69, 9.17) is 4.74 Å². The van der Waals surface area contributed by atoms with E-state index in [0.29, 0.717) is 5.82 Å². The summed E-state index contributed by atoms with van der Waals surface area (Å²) in [6.07, 6.45) is 1.14. The van der Waals surface area contributed by atoms with E-state index in [1.807, 2.05) is 69.3 Å². The van der Waals surface area contributed by atoms with Crippen molar-refractivity contribution >= 4 is 17.6 Å². The smallest absolute Gasteiger partial charge is 0.427 e. The van der Waals surface area contributed by atoms with Gasteiger partial charge in [-0.15, -0.1) is 0 Å². The van der Waals surface area contributed by atoms with E-state index in [1.54, 1.807) is 11.2 Å². The molecule has 1 aromatic heterocycles. The molecule has 1 heterocycles. The summed E-state index contributed by atoms with van der Waals surface area (Å²) in [6.45, 7) is 5.46. The van der Waals surface area contributed by atoms with Crippen molar-refractivity contribution in [2.24, 2.45) is 0 Å². The molecule has 2 aromatic rings. The Hall–Kier alpha value is -2.56. The molecular weight excluding hydrogens is 266 g/mol. The van der Waals surface area contributed by atoms with Crippen LogP contribution in [-0.4, -0.2) is 16.7 Å². The largest absolute Gasteiger partial charge is 0.443 e. The average Bonchev–Trinajstić information content (AvgIpc) is 2.45. The number of pyridine rings is 1. The fraction of sp³-hybridized carbons (Fsp3) is 0.250. The van der Waals surface area contributed by atoms with Crippen molar-refractivity contribution in [2.45, 2.75) is 26.4 Å². The Morgan fingerprint density at radius 2 is 1.76 bits per heavy atom. The molecular formula is C16H19N3O2. The third-order valence-corrected chi connectivity index (χ3v) is 2.49. The van der Waals surface area contributed by atoms with Gasteiger partial charge in [-0.2, -0.15) is 0 Å². The SMILES string of the molecule is CC(C)(C)OC(=O)NN(c1ccccc1)c1ccccn1. The van der Waals surface area contributed by atoms with Crippen molar-refractivity contribution in [3.63, 3.8) is 0 Å². The van der Waals surface area contributed by atoms with E-state index in [2.05, 4.69) is 10.4 Å². The summed E-state index contributed by atoms with van der Waals surface area (Å²) in [4.78, 5) is 16.3. The van der Waals surface area contributed by atoms with E-state index in [-0.39, 0.29) is 0 Å². The third kappa shape index (κ3) is 4.49. The molecule has 0 atom stereocenters. The predicted molar refractivity (Wildman–Crippen MR) is 82.2 cm³/mol. The number of anilines is 2. The van der Waals surface area contributed by atoms with Crippen LogP contribution in [0.25, 0.3) is 0 Å². The minimum absolute atomic E-state index is 0.531. The predicted octanol–water partition coefficient (Wildman–Crippen LogP) is 3.66. The zero-order chi connectivity index (χ0) is 15.3. The summed E-state index contributed by atoms with van der Waals surface area (Å²) in [5.41, 5.74) is 2.95. The molecule has 5 nitrogen and oxygen atoms in total. The lowest BCUT2D eigenvalue weighted by atomic mass is 10.2. The zero-order valence-corrected chi connectivity index (χ0v) is 12.4. The molecule has 0 radical (unpaired) electrons. The molecule has 0 bridgehead atoms. The number of hydrogen-bond acceptors (Lipinski definition) is 4. The normalized spacial score (nSPS) is 10.8. The van der Waals surface area contributed by atoms with Crippen LogP contribution in [0.15, 0.2) is 54.7 Å². The number of benzene rings is 1. The van der Waals surface area contributed by atoms with Gasteiger partial charge >= 0.3 is 6.09 Å². The fourth-order valence-electron chi connectivity index (χ4n) is 1.71. The maximum atomic E-state index is 12.0. The Morgan fingerprint density at radius 3 is 2.33 bits per heavy atom. The lowest BCUT2D eigenvalue weighted by Crippen LogP contribution is -2.42. The molecule has 0 saturated carbocycles. The third-order valence-electron chi connectivity index (χ3n) is 2.49. The highest BCUT2D eigenvalue weighted by atomic mass is 16.6. The van der Waals surface area contributed by atoms with Crippen LogP contribution >= 0.6 is 0 Å². The number of nitrogens with one attached hydrogen (secondary N) is 1. The second-order valence-electron chi connectivity index (χ2n) is 5.47. The summed E-state index contributed by atoms with van der Waals surface area (Å²) < 4.78 is 5.29. The van der Waals surface area contributed by atoms with Gasteiger partial charge in [-0.3, -0.25) is 0 Å². The molecule has 0 saturated heterocycles. The van der Waals surface area contributed by atoms with Gasteiger partial charge in [0.15, 0.2) is 5.82 Å². The van der Waals surface area contributed by atoms with Gasteiger partial charge < -0.3 is 4.74 Å². The molecule has 21 heavy (non-hydrogen) atoms. The van der Waals surface area contributed by atoms with Gasteiger partial charge in [0, 0.05) is 6.20 Å². The van der Waals surface area contributed by atoms with Crippen molar-refractivity contribution < 1.29 is 9.53 Å². The molecule has 0 spiro atoms. The standard InChI is InChI=1S/C16H19N3O2/c1-16(2,3)21-15(20)18-19(13-9-5-4-6-10-13)14-11-7-8-12-17-14/h4-12H,1-3H3,(H,18,20). The Morgan fingerprint density at radius 1 is 1.10 bits per heavy atom. The van der Waals surface area contributed by atoms with E-state index in [9.17, 15) is 4.79 Å². The van der Waals surface area contributed by atoms with E-state index in [0.717, 1.165) is 5.69 Å². The van der Waals surface area contributed by atoms with Crippen LogP contribution < -0.4 is 10.4 Å². The van der Waals surface area contributed by atoms with E-state index in [1.165, 1.54) is 0 Å². The van der Waals surface area contributed by atoms with Crippen molar-refractivity contribution in [1.29, 1.82) is 0 Å². The van der Waals surface area contributed by atoms with Crippen LogP contribution in [0, 0.1) is 0 Å². The Labute approximate surface area is 124 Å². The van der Waals surface area contributed by atoms with Gasteiger partial charge in [-0.25, -0.2) is 20.2 Å². The Bertz CT molecular complexity index is 540. The first-order valence-corrected chi connectivity index (χ1v) is 6.71. The van der Waals surface area contributed by atoms with Crippen LogP contribution in [-0.2, 0) is 4.74 Å². The van der Waals surface area contributed by atoms with Crippen molar-refractivity contribution in [3.8, 4) is 0 Å². The lowest BCUT2D eigenvalue weighted by Gasteiger charge is -2.26. The van der Waals surface area contributed by atoms with Gasteiger partial charge in [-0.05, 0) is 45.0 Å². The number of carbonyl (C=O) groups is 1. The van der Waals surface area contributed by atoms with Crippen LogP contribution in [0.1, 0.15) is 20.8 Å². The Balaban J connectivity index is 2.24. The maximum absolute atomic E-state index is 12.0. The average molecular weight is 285 g/mol. The second kappa shape index (κ2) is 6.26. The fourth-order valence-corrected chi connectivity index (χ4v) is 1.71. The zero-order valence-electron chi connectivity index (χ0n) is 12.4. The minimum atomic E-state index is -0.559. The highest BCUT2D eigenvalue weighted by Crippen LogP contribution is 2.20. The van der Waals surface area contributed by atoms with Gasteiger partial charge in [0.1, 0.15) is 5.60 Å². The number of ether oxygens (including phenoxy) is 1.